The molecule has 0 atom stereocenters. The Hall–Kier alpha value is -2.86. The summed E-state index contributed by atoms with van der Waals surface area (Å²) in [6.45, 7) is 4.70. The number of benzene rings is 6. The quantitative estimate of drug-likeness (QED) is 0.199. The van der Waals surface area contributed by atoms with Gasteiger partial charge in [0.1, 0.15) is 46.4 Å². The number of rotatable bonds is 9. The highest BCUT2D eigenvalue weighted by atomic mass is 79.9. The zero-order valence-electron chi connectivity index (χ0n) is 26.1. The average Bonchev–Trinajstić information content (AvgIpc) is 3.11. The van der Waals surface area contributed by atoms with E-state index in [0.29, 0.717) is 0 Å². The topological polar surface area (TPSA) is 0 Å². The molecule has 6 rings (SSSR count). The molecule has 6 aromatic carbocycles. The van der Waals surface area contributed by atoms with Gasteiger partial charge in [0.15, 0.2) is 0 Å². The summed E-state index contributed by atoms with van der Waals surface area (Å²) in [6, 6.07) is 66.0. The van der Waals surface area contributed by atoms with Crippen molar-refractivity contribution in [2.45, 2.75) is 19.8 Å². The third-order valence-electron chi connectivity index (χ3n) is 8.26. The van der Waals surface area contributed by atoms with Crippen molar-refractivity contribution in [3.63, 3.8) is 0 Å². The first kappa shape index (κ1) is 36.6. The molecule has 0 amide bonds. The molecule has 6 aromatic rings. The highest BCUT2D eigenvalue weighted by molar-refractivity contribution is 7.96. The second-order valence-electron chi connectivity index (χ2n) is 10.9. The maximum Gasteiger partial charge on any atom is 0.112 e. The summed E-state index contributed by atoms with van der Waals surface area (Å²) >= 11 is 0. The highest BCUT2D eigenvalue weighted by Crippen LogP contribution is 2.56. The summed E-state index contributed by atoms with van der Waals surface area (Å²) in [6.07, 6.45) is 3.72. The van der Waals surface area contributed by atoms with Crippen LogP contribution in [-0.2, 0) is 0 Å². The van der Waals surface area contributed by atoms with E-state index in [0.717, 1.165) is 0 Å². The summed E-state index contributed by atoms with van der Waals surface area (Å²) in [7, 11) is -3.10. The molecule has 45 heavy (non-hydrogen) atoms. The lowest BCUT2D eigenvalue weighted by molar-refractivity contribution is -0.001000. The van der Waals surface area contributed by atoms with E-state index in [1.54, 1.807) is 0 Å². The van der Waals surface area contributed by atoms with Crippen LogP contribution in [0.3, 0.4) is 0 Å². The van der Waals surface area contributed by atoms with Crippen LogP contribution in [0.15, 0.2) is 182 Å². The van der Waals surface area contributed by atoms with Gasteiger partial charge in [-0.3, -0.25) is 0 Å². The first-order chi connectivity index (χ1) is 21.2. The normalized spacial score (nSPS) is 10.8. The molecule has 0 radical (unpaired) electrons. The number of hydrogen-bond donors (Lipinski definition) is 0. The minimum Gasteiger partial charge on any atom is -1.00 e. The van der Waals surface area contributed by atoms with Gasteiger partial charge in [-0.05, 0) is 79.2 Å². The second kappa shape index (κ2) is 18.3. The van der Waals surface area contributed by atoms with Crippen molar-refractivity contribution < 1.29 is 34.0 Å². The molecule has 0 fully saturated rings. The Kier molecular flexibility index (Phi) is 14.9. The summed E-state index contributed by atoms with van der Waals surface area (Å²) in [4.78, 5) is 0. The van der Waals surface area contributed by atoms with Crippen LogP contribution < -0.4 is 65.8 Å². The van der Waals surface area contributed by atoms with Crippen LogP contribution in [-0.4, -0.2) is 12.8 Å². The molecule has 0 unspecified atom stereocenters. The molecule has 0 N–H and O–H groups in total. The lowest BCUT2D eigenvalue weighted by Crippen LogP contribution is -3.00. The highest BCUT2D eigenvalue weighted by Gasteiger charge is 2.44. The molecule has 0 aromatic heterocycles. The van der Waals surface area contributed by atoms with Gasteiger partial charge in [0, 0.05) is 0 Å². The van der Waals surface area contributed by atoms with Gasteiger partial charge in [-0.15, -0.1) is 0 Å². The standard InChI is InChI=1S/C22H24P.C19H18P.2BrH/c1-2-3-19-23(20-13-7-4-8-14-20,21-15-9-5-10-16-21)22-17-11-6-12-18-22;1-20(17-11-5-2-6-12-17,18-13-7-3-8-14-18)19-15-9-4-10-16-19;;/h4-18H,2-3,19H2,1H3;2-16H,1H3;2*1H/q2*+1;;/p-2. The largest absolute Gasteiger partial charge is 1.00 e. The Balaban J connectivity index is 0.000000237. The molecule has 4 heteroatoms. The molecule has 0 aliphatic heterocycles. The van der Waals surface area contributed by atoms with Crippen molar-refractivity contribution in [2.75, 3.05) is 12.8 Å². The molecule has 230 valence electrons. The van der Waals surface area contributed by atoms with Crippen molar-refractivity contribution in [3.8, 4) is 0 Å². The van der Waals surface area contributed by atoms with E-state index in [4.69, 9.17) is 0 Å². The van der Waals surface area contributed by atoms with Crippen LogP contribution in [0.1, 0.15) is 19.8 Å². The van der Waals surface area contributed by atoms with E-state index < -0.39 is 14.5 Å². The summed E-state index contributed by atoms with van der Waals surface area (Å²) in [5.74, 6) is 0. The maximum absolute atomic E-state index is 2.41. The predicted octanol–water partition coefficient (Wildman–Crippen LogP) is 2.40. The molecule has 0 nitrogen and oxygen atoms in total. The fourth-order valence-electron chi connectivity index (χ4n) is 5.90. The molecule has 0 spiro atoms. The van der Waals surface area contributed by atoms with E-state index in [9.17, 15) is 0 Å². The Labute approximate surface area is 293 Å². The van der Waals surface area contributed by atoms with Gasteiger partial charge >= 0.3 is 0 Å². The summed E-state index contributed by atoms with van der Waals surface area (Å²) in [5.41, 5.74) is 0. The Morgan fingerprint density at radius 3 is 0.800 bits per heavy atom. The Bertz CT molecular complexity index is 1440. The summed E-state index contributed by atoms with van der Waals surface area (Å²) < 4.78 is 0. The van der Waals surface area contributed by atoms with E-state index in [2.05, 4.69) is 196 Å². The van der Waals surface area contributed by atoms with Crippen LogP contribution in [0.25, 0.3) is 0 Å². The fourth-order valence-corrected chi connectivity index (χ4v) is 13.6. The third kappa shape index (κ3) is 8.49. The van der Waals surface area contributed by atoms with Crippen molar-refractivity contribution in [1.82, 2.24) is 0 Å². The Morgan fingerprint density at radius 1 is 0.356 bits per heavy atom. The van der Waals surface area contributed by atoms with Gasteiger partial charge in [0.25, 0.3) is 0 Å². The van der Waals surface area contributed by atoms with E-state index in [1.807, 2.05) is 0 Å². The monoisotopic (exact) mass is 754 g/mol. The molecule has 0 heterocycles. The van der Waals surface area contributed by atoms with Gasteiger partial charge in [-0.25, -0.2) is 0 Å². The van der Waals surface area contributed by atoms with Crippen molar-refractivity contribution in [2.24, 2.45) is 0 Å². The lowest BCUT2D eigenvalue weighted by atomic mass is 10.3. The fraction of sp³-hybridized carbons (Fsp3) is 0.122. The maximum atomic E-state index is 2.41. The first-order valence-corrected chi connectivity index (χ1v) is 19.5. The Morgan fingerprint density at radius 2 is 0.578 bits per heavy atom. The number of unbranched alkanes of at least 4 members (excludes halogenated alkanes) is 1. The van der Waals surface area contributed by atoms with Crippen LogP contribution in [0, 0.1) is 0 Å². The van der Waals surface area contributed by atoms with Crippen LogP contribution in [0.2, 0.25) is 0 Å². The van der Waals surface area contributed by atoms with Crippen LogP contribution >= 0.6 is 14.5 Å². The molecular weight excluding hydrogens is 714 g/mol. The lowest BCUT2D eigenvalue weighted by Gasteiger charge is -2.27. The second-order valence-corrected chi connectivity index (χ2v) is 18.1. The molecular formula is C41H42Br2P2. The van der Waals surface area contributed by atoms with E-state index in [1.165, 1.54) is 50.8 Å². The third-order valence-corrected chi connectivity index (χ3v) is 16.8. The van der Waals surface area contributed by atoms with Crippen molar-refractivity contribution in [3.05, 3.63) is 182 Å². The molecule has 0 aliphatic rings. The van der Waals surface area contributed by atoms with Gasteiger partial charge in [-0.2, -0.15) is 0 Å². The summed E-state index contributed by atoms with van der Waals surface area (Å²) in [5, 5.41) is 8.76. The molecule has 0 saturated heterocycles. The molecule has 0 bridgehead atoms. The smallest absolute Gasteiger partial charge is 0.112 e. The number of halogens is 2. The molecule has 0 aliphatic carbocycles. The minimum absolute atomic E-state index is 0. The average molecular weight is 757 g/mol. The van der Waals surface area contributed by atoms with Gasteiger partial charge < -0.3 is 34.0 Å². The van der Waals surface area contributed by atoms with E-state index >= 15 is 0 Å². The number of hydrogen-bond acceptors (Lipinski definition) is 0. The zero-order valence-corrected chi connectivity index (χ0v) is 31.1. The SMILES string of the molecule is CCCC[P+](c1ccccc1)(c1ccccc1)c1ccccc1.C[P+](c1ccccc1)(c1ccccc1)c1ccccc1.[Br-].[Br-]. The zero-order chi connectivity index (χ0) is 29.8. The van der Waals surface area contributed by atoms with Crippen LogP contribution in [0.5, 0.6) is 0 Å². The predicted molar refractivity (Wildman–Crippen MR) is 196 cm³/mol. The van der Waals surface area contributed by atoms with Gasteiger partial charge in [-0.1, -0.05) is 123 Å². The van der Waals surface area contributed by atoms with Gasteiger partial charge in [0.05, 0.1) is 12.8 Å². The van der Waals surface area contributed by atoms with Crippen molar-refractivity contribution in [1.29, 1.82) is 0 Å². The first-order valence-electron chi connectivity index (χ1n) is 15.3. The van der Waals surface area contributed by atoms with E-state index in [-0.39, 0.29) is 34.0 Å². The molecule has 0 saturated carbocycles. The van der Waals surface area contributed by atoms with Gasteiger partial charge in [0.2, 0.25) is 0 Å². The minimum atomic E-state index is -1.57. The van der Waals surface area contributed by atoms with Crippen molar-refractivity contribution >= 4 is 46.4 Å². The van der Waals surface area contributed by atoms with Crippen LogP contribution in [0.4, 0.5) is 0 Å².